The number of sulfonamides is 1. The minimum atomic E-state index is -4.12. The number of hydrogen-bond acceptors (Lipinski definition) is 3. The molecule has 1 aromatic carbocycles. The standard InChI is InChI=1S/C6H5BrFN3O2S/c7-4-1-2-6(5(8)3-4)14(12,13)11-10-9/h1-3H,(H2,9,11). The molecule has 0 bridgehead atoms. The third kappa shape index (κ3) is 2.26. The molecule has 8 heteroatoms. The smallest absolute Gasteiger partial charge is 0.303 e. The molecule has 0 spiro atoms. The van der Waals surface area contributed by atoms with Crippen molar-refractivity contribution in [2.45, 2.75) is 4.90 Å². The highest BCUT2D eigenvalue weighted by atomic mass is 79.9. The van der Waals surface area contributed by atoms with E-state index in [1.54, 1.807) is 0 Å². The van der Waals surface area contributed by atoms with E-state index in [4.69, 9.17) is 0 Å². The molecule has 1 aromatic rings. The van der Waals surface area contributed by atoms with Crippen molar-refractivity contribution < 1.29 is 12.8 Å². The summed E-state index contributed by atoms with van der Waals surface area (Å²) >= 11 is 2.99. The summed E-state index contributed by atoms with van der Waals surface area (Å²) in [5.74, 6) is 3.67. The molecule has 14 heavy (non-hydrogen) atoms. The maximum atomic E-state index is 13.1. The predicted molar refractivity (Wildman–Crippen MR) is 50.3 cm³/mol. The average Bonchev–Trinajstić information content (AvgIpc) is 2.02. The fourth-order valence-electron chi connectivity index (χ4n) is 0.790. The molecule has 0 aliphatic carbocycles. The summed E-state index contributed by atoms with van der Waals surface area (Å²) in [6, 6.07) is 3.46. The van der Waals surface area contributed by atoms with E-state index in [0.29, 0.717) is 4.47 Å². The molecule has 0 aliphatic heterocycles. The molecule has 0 atom stereocenters. The van der Waals surface area contributed by atoms with E-state index in [-0.39, 0.29) is 0 Å². The van der Waals surface area contributed by atoms with Gasteiger partial charge in [0.15, 0.2) is 0 Å². The molecule has 5 nitrogen and oxygen atoms in total. The molecule has 1 rings (SSSR count). The van der Waals surface area contributed by atoms with Crippen molar-refractivity contribution in [2.75, 3.05) is 0 Å². The first-order valence-corrected chi connectivity index (χ1v) is 5.53. The molecule has 76 valence electrons. The van der Waals surface area contributed by atoms with Gasteiger partial charge < -0.3 is 5.84 Å². The summed E-state index contributed by atoms with van der Waals surface area (Å²) < 4.78 is 38.6. The van der Waals surface area contributed by atoms with Crippen LogP contribution in [0.2, 0.25) is 0 Å². The molecule has 0 saturated carbocycles. The Kier molecular flexibility index (Phi) is 3.17. The third-order valence-electron chi connectivity index (χ3n) is 1.33. The molecule has 0 radical (unpaired) electrons. The second-order valence-corrected chi connectivity index (χ2v) is 4.72. The lowest BCUT2D eigenvalue weighted by atomic mass is 10.3. The van der Waals surface area contributed by atoms with Crippen LogP contribution in [-0.4, -0.2) is 8.42 Å². The highest BCUT2D eigenvalue weighted by Gasteiger charge is 2.18. The van der Waals surface area contributed by atoms with Crippen LogP contribution in [-0.2, 0) is 10.0 Å². The van der Waals surface area contributed by atoms with Gasteiger partial charge in [0.25, 0.3) is 0 Å². The number of nitrogens with two attached hydrogens (primary N) is 1. The van der Waals surface area contributed by atoms with Crippen LogP contribution in [0.4, 0.5) is 4.39 Å². The van der Waals surface area contributed by atoms with Gasteiger partial charge >= 0.3 is 10.0 Å². The average molecular weight is 282 g/mol. The quantitative estimate of drug-likeness (QED) is 0.508. The monoisotopic (exact) mass is 281 g/mol. The Bertz CT molecular complexity index is 474. The molecule has 0 heterocycles. The molecule has 0 saturated heterocycles. The fraction of sp³-hybridized carbons (Fsp3) is 0. The SMILES string of the molecule is NN=NS(=O)(=O)c1ccc(Br)cc1F. The Morgan fingerprint density at radius 1 is 1.43 bits per heavy atom. The van der Waals surface area contributed by atoms with E-state index in [0.717, 1.165) is 12.1 Å². The van der Waals surface area contributed by atoms with Gasteiger partial charge in [-0.2, -0.15) is 8.42 Å². The number of nitrogens with zero attached hydrogens (tertiary/aromatic N) is 2. The Morgan fingerprint density at radius 2 is 2.07 bits per heavy atom. The summed E-state index contributed by atoms with van der Waals surface area (Å²) in [7, 11) is -4.12. The maximum absolute atomic E-state index is 13.1. The largest absolute Gasteiger partial charge is 0.304 e. The number of rotatable bonds is 2. The van der Waals surface area contributed by atoms with Crippen LogP contribution in [0, 0.1) is 5.82 Å². The van der Waals surface area contributed by atoms with E-state index in [1.807, 2.05) is 0 Å². The lowest BCUT2D eigenvalue weighted by Crippen LogP contribution is -2.00. The van der Waals surface area contributed by atoms with Crippen molar-refractivity contribution in [2.24, 2.45) is 15.6 Å². The van der Waals surface area contributed by atoms with Gasteiger partial charge in [-0.1, -0.05) is 21.2 Å². The van der Waals surface area contributed by atoms with Crippen LogP contribution in [0.25, 0.3) is 0 Å². The summed E-state index contributed by atoms with van der Waals surface area (Å²) in [6.07, 6.45) is 0. The molecule has 0 fully saturated rings. The first-order valence-electron chi connectivity index (χ1n) is 3.29. The maximum Gasteiger partial charge on any atom is 0.303 e. The molecule has 0 aliphatic rings. The predicted octanol–water partition coefficient (Wildman–Crippen LogP) is 1.60. The van der Waals surface area contributed by atoms with E-state index < -0.39 is 20.7 Å². The van der Waals surface area contributed by atoms with Crippen molar-refractivity contribution in [3.8, 4) is 0 Å². The van der Waals surface area contributed by atoms with Gasteiger partial charge in [-0.05, 0) is 22.7 Å². The van der Waals surface area contributed by atoms with Crippen LogP contribution >= 0.6 is 15.9 Å². The van der Waals surface area contributed by atoms with Crippen molar-refractivity contribution >= 4 is 26.0 Å². The van der Waals surface area contributed by atoms with Gasteiger partial charge in [0, 0.05) is 4.47 Å². The third-order valence-corrected chi connectivity index (χ3v) is 3.02. The van der Waals surface area contributed by atoms with E-state index in [1.165, 1.54) is 6.07 Å². The lowest BCUT2D eigenvalue weighted by molar-refractivity contribution is 0.565. The zero-order valence-electron chi connectivity index (χ0n) is 6.68. The molecule has 0 aromatic heterocycles. The van der Waals surface area contributed by atoms with Gasteiger partial charge in [0.1, 0.15) is 10.7 Å². The Balaban J connectivity index is 3.34. The number of benzene rings is 1. The van der Waals surface area contributed by atoms with Crippen LogP contribution in [0.3, 0.4) is 0 Å². The van der Waals surface area contributed by atoms with Gasteiger partial charge in [-0.3, -0.25) is 0 Å². The van der Waals surface area contributed by atoms with Crippen molar-refractivity contribution in [1.82, 2.24) is 0 Å². The molecule has 0 unspecified atom stereocenters. The molecular formula is C6H5BrFN3O2S. The number of hydrogen-bond donors (Lipinski definition) is 1. The molecular weight excluding hydrogens is 277 g/mol. The zero-order chi connectivity index (χ0) is 10.8. The lowest BCUT2D eigenvalue weighted by Gasteiger charge is -1.99. The molecule has 0 amide bonds. The van der Waals surface area contributed by atoms with Gasteiger partial charge in [0.05, 0.1) is 0 Å². The highest BCUT2D eigenvalue weighted by Crippen LogP contribution is 2.20. The normalized spacial score (nSPS) is 12.1. The van der Waals surface area contributed by atoms with Gasteiger partial charge in [-0.15, -0.1) is 0 Å². The van der Waals surface area contributed by atoms with Crippen molar-refractivity contribution in [1.29, 1.82) is 0 Å². The van der Waals surface area contributed by atoms with E-state index in [2.05, 4.69) is 31.5 Å². The van der Waals surface area contributed by atoms with Crippen LogP contribution in [0.1, 0.15) is 0 Å². The second-order valence-electron chi connectivity index (χ2n) is 2.25. The summed E-state index contributed by atoms with van der Waals surface area (Å²) in [6.45, 7) is 0. The zero-order valence-corrected chi connectivity index (χ0v) is 9.09. The first-order chi connectivity index (χ1) is 6.47. The van der Waals surface area contributed by atoms with Gasteiger partial charge in [0.2, 0.25) is 0 Å². The minimum Gasteiger partial charge on any atom is -0.304 e. The summed E-state index contributed by atoms with van der Waals surface area (Å²) in [5.41, 5.74) is 0. The van der Waals surface area contributed by atoms with Crippen LogP contribution in [0.5, 0.6) is 0 Å². The summed E-state index contributed by atoms with van der Waals surface area (Å²) in [5, 5.41) is 2.61. The Hall–Kier alpha value is -1.02. The van der Waals surface area contributed by atoms with Crippen LogP contribution in [0.15, 0.2) is 37.3 Å². The highest BCUT2D eigenvalue weighted by molar-refractivity contribution is 9.10. The summed E-state index contributed by atoms with van der Waals surface area (Å²) in [4.78, 5) is -0.560. The Morgan fingerprint density at radius 3 is 2.57 bits per heavy atom. The molecule has 2 N–H and O–H groups in total. The first kappa shape index (κ1) is 11.1. The van der Waals surface area contributed by atoms with E-state index >= 15 is 0 Å². The van der Waals surface area contributed by atoms with Gasteiger partial charge in [-0.25, -0.2) is 4.39 Å². The fourth-order valence-corrected chi connectivity index (χ4v) is 1.88. The van der Waals surface area contributed by atoms with Crippen molar-refractivity contribution in [3.63, 3.8) is 0 Å². The minimum absolute atomic E-state index is 0.429. The van der Waals surface area contributed by atoms with Crippen LogP contribution < -0.4 is 5.84 Å². The topological polar surface area (TPSA) is 84.9 Å². The number of halogens is 2. The Labute approximate surface area is 88.0 Å². The van der Waals surface area contributed by atoms with E-state index in [9.17, 15) is 12.8 Å². The van der Waals surface area contributed by atoms with Crippen molar-refractivity contribution in [3.05, 3.63) is 28.5 Å². The second kappa shape index (κ2) is 4.01.